The van der Waals surface area contributed by atoms with Crippen LogP contribution in [0.25, 0.3) is 11.1 Å². The van der Waals surface area contributed by atoms with E-state index in [-0.39, 0.29) is 5.91 Å². The van der Waals surface area contributed by atoms with E-state index in [2.05, 4.69) is 4.98 Å². The Kier molecular flexibility index (Phi) is 4.96. The van der Waals surface area contributed by atoms with Crippen LogP contribution in [-0.4, -0.2) is 56.3 Å². The minimum atomic E-state index is -0.0329. The first kappa shape index (κ1) is 16.3. The van der Waals surface area contributed by atoms with Crippen molar-refractivity contribution in [1.29, 1.82) is 0 Å². The molecule has 0 aliphatic carbocycles. The second kappa shape index (κ2) is 7.31. The molecule has 6 heteroatoms. The lowest BCUT2D eigenvalue weighted by Crippen LogP contribution is -2.40. The van der Waals surface area contributed by atoms with Gasteiger partial charge < -0.3 is 19.1 Å². The quantitative estimate of drug-likeness (QED) is 0.861. The van der Waals surface area contributed by atoms with Crippen molar-refractivity contribution < 1.29 is 19.0 Å². The maximum absolute atomic E-state index is 12.6. The Morgan fingerprint density at radius 3 is 2.62 bits per heavy atom. The Hall–Kier alpha value is -2.60. The van der Waals surface area contributed by atoms with Gasteiger partial charge in [-0.3, -0.25) is 9.78 Å². The van der Waals surface area contributed by atoms with Crippen LogP contribution in [0.5, 0.6) is 11.5 Å². The maximum Gasteiger partial charge on any atom is 0.255 e. The molecule has 0 bridgehead atoms. The zero-order valence-corrected chi connectivity index (χ0v) is 13.8. The molecule has 0 N–H and O–H groups in total. The summed E-state index contributed by atoms with van der Waals surface area (Å²) in [6.45, 7) is 2.35. The Bertz CT molecular complexity index is 727. The van der Waals surface area contributed by atoms with E-state index in [0.29, 0.717) is 37.6 Å². The average Bonchev–Trinajstić information content (AvgIpc) is 2.67. The number of nitrogens with zero attached hydrogens (tertiary/aromatic N) is 2. The van der Waals surface area contributed by atoms with Gasteiger partial charge in [0.25, 0.3) is 5.91 Å². The van der Waals surface area contributed by atoms with E-state index in [0.717, 1.165) is 16.9 Å². The lowest BCUT2D eigenvalue weighted by Gasteiger charge is -2.26. The molecular weight excluding hydrogens is 308 g/mol. The molecule has 24 heavy (non-hydrogen) atoms. The molecule has 0 saturated carbocycles. The fourth-order valence-electron chi connectivity index (χ4n) is 2.69. The summed E-state index contributed by atoms with van der Waals surface area (Å²) < 4.78 is 16.0. The van der Waals surface area contributed by atoms with Gasteiger partial charge in [-0.25, -0.2) is 0 Å². The van der Waals surface area contributed by atoms with E-state index >= 15 is 0 Å². The highest BCUT2D eigenvalue weighted by Crippen LogP contribution is 2.33. The fraction of sp³-hybridized carbons (Fsp3) is 0.333. The molecule has 6 nitrogen and oxygen atoms in total. The first-order valence-corrected chi connectivity index (χ1v) is 7.77. The van der Waals surface area contributed by atoms with Crippen molar-refractivity contribution in [2.45, 2.75) is 0 Å². The van der Waals surface area contributed by atoms with Crippen LogP contribution in [0.1, 0.15) is 10.4 Å². The highest BCUT2D eigenvalue weighted by atomic mass is 16.5. The minimum Gasteiger partial charge on any atom is -0.497 e. The first-order chi connectivity index (χ1) is 11.7. The van der Waals surface area contributed by atoms with Gasteiger partial charge in [-0.2, -0.15) is 0 Å². The Labute approximate surface area is 141 Å². The highest BCUT2D eigenvalue weighted by molar-refractivity contribution is 5.95. The van der Waals surface area contributed by atoms with Crippen molar-refractivity contribution in [3.05, 3.63) is 42.2 Å². The van der Waals surface area contributed by atoms with Gasteiger partial charge in [-0.1, -0.05) is 0 Å². The van der Waals surface area contributed by atoms with Crippen LogP contribution < -0.4 is 9.47 Å². The summed E-state index contributed by atoms with van der Waals surface area (Å²) in [4.78, 5) is 18.7. The van der Waals surface area contributed by atoms with E-state index in [1.807, 2.05) is 24.3 Å². The standard InChI is InChI=1S/C18H20N2O4/c1-22-15-3-4-17(23-2)16(10-15)13-9-14(12-19-11-13)18(21)20-5-7-24-8-6-20/h3-4,9-12H,5-8H2,1-2H3. The molecule has 1 aromatic carbocycles. The topological polar surface area (TPSA) is 60.9 Å². The lowest BCUT2D eigenvalue weighted by molar-refractivity contribution is 0.0302. The molecular formula is C18H20N2O4. The summed E-state index contributed by atoms with van der Waals surface area (Å²) in [7, 11) is 3.23. The zero-order valence-electron chi connectivity index (χ0n) is 13.8. The van der Waals surface area contributed by atoms with Gasteiger partial charge in [0.1, 0.15) is 11.5 Å². The van der Waals surface area contributed by atoms with Gasteiger partial charge in [0, 0.05) is 36.6 Å². The maximum atomic E-state index is 12.6. The number of carbonyl (C=O) groups is 1. The fourth-order valence-corrected chi connectivity index (χ4v) is 2.69. The molecule has 0 atom stereocenters. The molecule has 1 aliphatic heterocycles. The number of rotatable bonds is 4. The minimum absolute atomic E-state index is 0.0329. The molecule has 3 rings (SSSR count). The van der Waals surface area contributed by atoms with E-state index in [9.17, 15) is 4.79 Å². The van der Waals surface area contributed by atoms with Crippen LogP contribution in [-0.2, 0) is 4.74 Å². The SMILES string of the molecule is COc1ccc(OC)c(-c2cncc(C(=O)N3CCOCC3)c2)c1. The normalized spacial score (nSPS) is 14.3. The molecule has 126 valence electrons. The molecule has 0 spiro atoms. The second-order valence-corrected chi connectivity index (χ2v) is 5.43. The van der Waals surface area contributed by atoms with Crippen LogP contribution in [0.4, 0.5) is 0 Å². The van der Waals surface area contributed by atoms with E-state index in [1.165, 1.54) is 0 Å². The van der Waals surface area contributed by atoms with Gasteiger partial charge in [-0.05, 0) is 24.3 Å². The number of amides is 1. The molecule has 1 aliphatic rings. The molecule has 1 fully saturated rings. The number of carbonyl (C=O) groups excluding carboxylic acids is 1. The van der Waals surface area contributed by atoms with Gasteiger partial charge in [0.2, 0.25) is 0 Å². The summed E-state index contributed by atoms with van der Waals surface area (Å²) in [5.41, 5.74) is 2.20. The van der Waals surface area contributed by atoms with Gasteiger partial charge in [-0.15, -0.1) is 0 Å². The summed E-state index contributed by atoms with van der Waals surface area (Å²) in [5, 5.41) is 0. The number of ether oxygens (including phenoxy) is 3. The van der Waals surface area contributed by atoms with Gasteiger partial charge in [0.15, 0.2) is 0 Å². The van der Waals surface area contributed by atoms with Crippen molar-refractivity contribution in [2.24, 2.45) is 0 Å². The summed E-state index contributed by atoms with van der Waals surface area (Å²) in [6, 6.07) is 7.38. The van der Waals surface area contributed by atoms with Crippen LogP contribution >= 0.6 is 0 Å². The van der Waals surface area contributed by atoms with Crippen molar-refractivity contribution in [3.8, 4) is 22.6 Å². The number of hydrogen-bond donors (Lipinski definition) is 0. The van der Waals surface area contributed by atoms with Crippen molar-refractivity contribution in [3.63, 3.8) is 0 Å². The van der Waals surface area contributed by atoms with Gasteiger partial charge >= 0.3 is 0 Å². The predicted octanol–water partition coefficient (Wildman–Crippen LogP) is 2.24. The van der Waals surface area contributed by atoms with Crippen molar-refractivity contribution in [1.82, 2.24) is 9.88 Å². The third-order valence-corrected chi connectivity index (χ3v) is 4.00. The van der Waals surface area contributed by atoms with E-state index in [1.54, 1.807) is 31.5 Å². The van der Waals surface area contributed by atoms with Crippen LogP contribution in [0.15, 0.2) is 36.7 Å². The van der Waals surface area contributed by atoms with Crippen molar-refractivity contribution >= 4 is 5.91 Å². The van der Waals surface area contributed by atoms with E-state index in [4.69, 9.17) is 14.2 Å². The predicted molar refractivity (Wildman–Crippen MR) is 89.5 cm³/mol. The average molecular weight is 328 g/mol. The third-order valence-electron chi connectivity index (χ3n) is 4.00. The molecule has 2 aromatic rings. The number of benzene rings is 1. The molecule has 1 amide bonds. The summed E-state index contributed by atoms with van der Waals surface area (Å²) in [6.07, 6.45) is 3.31. The highest BCUT2D eigenvalue weighted by Gasteiger charge is 2.19. The Balaban J connectivity index is 1.94. The smallest absolute Gasteiger partial charge is 0.255 e. The summed E-state index contributed by atoms with van der Waals surface area (Å²) in [5.74, 6) is 1.39. The molecule has 0 unspecified atom stereocenters. The summed E-state index contributed by atoms with van der Waals surface area (Å²) >= 11 is 0. The zero-order chi connectivity index (χ0) is 16.9. The van der Waals surface area contributed by atoms with Crippen molar-refractivity contribution in [2.75, 3.05) is 40.5 Å². The van der Waals surface area contributed by atoms with Crippen LogP contribution in [0.3, 0.4) is 0 Å². The molecule has 1 aromatic heterocycles. The largest absolute Gasteiger partial charge is 0.497 e. The Morgan fingerprint density at radius 1 is 1.12 bits per heavy atom. The van der Waals surface area contributed by atoms with Gasteiger partial charge in [0.05, 0.1) is 33.0 Å². The Morgan fingerprint density at radius 2 is 1.92 bits per heavy atom. The molecule has 2 heterocycles. The second-order valence-electron chi connectivity index (χ2n) is 5.43. The van der Waals surface area contributed by atoms with Crippen LogP contribution in [0.2, 0.25) is 0 Å². The monoisotopic (exact) mass is 328 g/mol. The number of pyridine rings is 1. The third kappa shape index (κ3) is 3.33. The number of methoxy groups -OCH3 is 2. The lowest BCUT2D eigenvalue weighted by atomic mass is 10.0. The number of morpholine rings is 1. The molecule has 1 saturated heterocycles. The number of hydrogen-bond acceptors (Lipinski definition) is 5. The molecule has 0 radical (unpaired) electrons. The first-order valence-electron chi connectivity index (χ1n) is 7.77. The van der Waals surface area contributed by atoms with E-state index < -0.39 is 0 Å². The van der Waals surface area contributed by atoms with Crippen LogP contribution in [0, 0.1) is 0 Å². The number of aromatic nitrogens is 1.